The number of imide groups is 1. The Balaban J connectivity index is 1.59. The molecule has 0 radical (unpaired) electrons. The highest BCUT2D eigenvalue weighted by Crippen LogP contribution is 2.34. The standard InChI is InChI=1S/C21H14N2O5S/c24-18-8-6-13(10-17(18)23(27)28)11-19-20(25)22(21(26)29-19)12-14-5-7-15-3-1-2-4-16(15)9-14/h1-11,24H,12H2/p-1/b19-11-. The van der Waals surface area contributed by atoms with Crippen molar-refractivity contribution >= 4 is 45.4 Å². The van der Waals surface area contributed by atoms with Crippen LogP contribution in [0.2, 0.25) is 0 Å². The van der Waals surface area contributed by atoms with Gasteiger partial charge in [0.2, 0.25) is 0 Å². The molecule has 8 heteroatoms. The minimum absolute atomic E-state index is 0.131. The van der Waals surface area contributed by atoms with Gasteiger partial charge in [-0.25, -0.2) is 0 Å². The largest absolute Gasteiger partial charge is 0.868 e. The number of hydrogen-bond acceptors (Lipinski definition) is 6. The van der Waals surface area contributed by atoms with E-state index in [-0.39, 0.29) is 11.4 Å². The van der Waals surface area contributed by atoms with Crippen molar-refractivity contribution in [2.75, 3.05) is 0 Å². The third-order valence-electron chi connectivity index (χ3n) is 4.51. The van der Waals surface area contributed by atoms with E-state index >= 15 is 0 Å². The zero-order valence-corrected chi connectivity index (χ0v) is 15.7. The molecule has 0 saturated carbocycles. The van der Waals surface area contributed by atoms with Gasteiger partial charge in [0.25, 0.3) is 16.8 Å². The highest BCUT2D eigenvalue weighted by atomic mass is 32.2. The maximum atomic E-state index is 12.7. The number of hydrogen-bond donors (Lipinski definition) is 0. The van der Waals surface area contributed by atoms with Gasteiger partial charge in [-0.15, -0.1) is 0 Å². The topological polar surface area (TPSA) is 104 Å². The summed E-state index contributed by atoms with van der Waals surface area (Å²) >= 11 is 0.769. The third kappa shape index (κ3) is 3.70. The normalized spacial score (nSPS) is 15.4. The van der Waals surface area contributed by atoms with Crippen LogP contribution < -0.4 is 5.11 Å². The van der Waals surface area contributed by atoms with Crippen LogP contribution in [-0.4, -0.2) is 21.0 Å². The van der Waals surface area contributed by atoms with Crippen LogP contribution in [0.15, 0.2) is 65.6 Å². The summed E-state index contributed by atoms with van der Waals surface area (Å²) in [6.45, 7) is 0.131. The second-order valence-electron chi connectivity index (χ2n) is 6.43. The van der Waals surface area contributed by atoms with E-state index in [9.17, 15) is 24.8 Å². The van der Waals surface area contributed by atoms with E-state index in [1.54, 1.807) is 0 Å². The van der Waals surface area contributed by atoms with Crippen LogP contribution in [-0.2, 0) is 11.3 Å². The van der Waals surface area contributed by atoms with E-state index in [0.717, 1.165) is 45.1 Å². The van der Waals surface area contributed by atoms with Gasteiger partial charge in [0, 0.05) is 6.07 Å². The van der Waals surface area contributed by atoms with Crippen molar-refractivity contribution < 1.29 is 19.6 Å². The Labute approximate surface area is 169 Å². The Kier molecular flexibility index (Phi) is 4.77. The summed E-state index contributed by atoms with van der Waals surface area (Å²) in [5.41, 5.74) is 0.556. The van der Waals surface area contributed by atoms with Crippen LogP contribution >= 0.6 is 11.8 Å². The first-order valence-electron chi connectivity index (χ1n) is 8.61. The molecule has 1 saturated heterocycles. The molecule has 2 amide bonds. The second kappa shape index (κ2) is 7.40. The zero-order valence-electron chi connectivity index (χ0n) is 14.9. The predicted molar refractivity (Wildman–Crippen MR) is 108 cm³/mol. The SMILES string of the molecule is O=C1S/C(=C\c2ccc([O-])c([N+](=O)[O-])c2)C(=O)N1Cc1ccc2ccccc2c1. The van der Waals surface area contributed by atoms with Crippen LogP contribution in [0.4, 0.5) is 10.5 Å². The van der Waals surface area contributed by atoms with Crippen LogP contribution in [0.25, 0.3) is 16.8 Å². The Hall–Kier alpha value is -3.65. The van der Waals surface area contributed by atoms with Crippen LogP contribution in [0.1, 0.15) is 11.1 Å². The van der Waals surface area contributed by atoms with Crippen LogP contribution in [0.5, 0.6) is 5.75 Å². The number of rotatable bonds is 4. The minimum Gasteiger partial charge on any atom is -0.868 e. The number of fused-ring (bicyclic) bond motifs is 1. The van der Waals surface area contributed by atoms with Crippen molar-refractivity contribution in [2.24, 2.45) is 0 Å². The first kappa shape index (κ1) is 18.7. The third-order valence-corrected chi connectivity index (χ3v) is 5.41. The average Bonchev–Trinajstić information content (AvgIpc) is 2.96. The van der Waals surface area contributed by atoms with Gasteiger partial charge in [-0.3, -0.25) is 24.6 Å². The summed E-state index contributed by atoms with van der Waals surface area (Å²) in [4.78, 5) is 36.5. The Morgan fingerprint density at radius 2 is 1.76 bits per heavy atom. The first-order valence-corrected chi connectivity index (χ1v) is 9.42. The molecule has 7 nitrogen and oxygen atoms in total. The van der Waals surface area contributed by atoms with E-state index in [2.05, 4.69) is 0 Å². The lowest BCUT2D eigenvalue weighted by Gasteiger charge is -2.13. The quantitative estimate of drug-likeness (QED) is 0.368. The van der Waals surface area contributed by atoms with Crippen molar-refractivity contribution in [3.8, 4) is 5.75 Å². The molecule has 0 N–H and O–H groups in total. The van der Waals surface area contributed by atoms with Crippen LogP contribution in [0, 0.1) is 10.1 Å². The van der Waals surface area contributed by atoms with Gasteiger partial charge in [-0.2, -0.15) is 0 Å². The highest BCUT2D eigenvalue weighted by Gasteiger charge is 2.35. The Morgan fingerprint density at radius 3 is 2.52 bits per heavy atom. The lowest BCUT2D eigenvalue weighted by Crippen LogP contribution is -2.27. The molecular weight excluding hydrogens is 392 g/mol. The Bertz CT molecular complexity index is 1200. The van der Waals surface area contributed by atoms with Gasteiger partial charge >= 0.3 is 0 Å². The number of nitro groups is 1. The molecule has 3 aromatic rings. The molecule has 1 aliphatic heterocycles. The van der Waals surface area contributed by atoms with E-state index in [4.69, 9.17) is 0 Å². The molecular formula is C21H13N2O5S-. The van der Waals surface area contributed by atoms with Gasteiger partial charge in [-0.1, -0.05) is 48.5 Å². The number of carbonyl (C=O) groups excluding carboxylic acids is 2. The molecule has 144 valence electrons. The van der Waals surface area contributed by atoms with E-state index in [0.29, 0.717) is 5.56 Å². The van der Waals surface area contributed by atoms with Gasteiger partial charge in [-0.05, 0) is 51.6 Å². The molecule has 0 aromatic heterocycles. The van der Waals surface area contributed by atoms with Crippen molar-refractivity contribution in [2.45, 2.75) is 6.54 Å². The Morgan fingerprint density at radius 1 is 1.00 bits per heavy atom. The fourth-order valence-electron chi connectivity index (χ4n) is 3.07. The van der Waals surface area contributed by atoms with E-state index in [1.807, 2.05) is 42.5 Å². The van der Waals surface area contributed by atoms with E-state index < -0.39 is 27.5 Å². The summed E-state index contributed by atoms with van der Waals surface area (Å²) in [7, 11) is 0. The fourth-order valence-corrected chi connectivity index (χ4v) is 3.91. The van der Waals surface area contributed by atoms with Gasteiger partial charge in [0.15, 0.2) is 0 Å². The lowest BCUT2D eigenvalue weighted by atomic mass is 10.1. The van der Waals surface area contributed by atoms with Gasteiger partial charge < -0.3 is 5.11 Å². The number of carbonyl (C=O) groups is 2. The summed E-state index contributed by atoms with van der Waals surface area (Å²) in [6, 6.07) is 17.1. The van der Waals surface area contributed by atoms with Gasteiger partial charge in [0.05, 0.1) is 16.4 Å². The van der Waals surface area contributed by atoms with Gasteiger partial charge in [0.1, 0.15) is 0 Å². The number of thioether (sulfide) groups is 1. The molecule has 0 spiro atoms. The summed E-state index contributed by atoms with van der Waals surface area (Å²) in [5, 5.41) is 24.1. The molecule has 1 aliphatic rings. The molecule has 4 rings (SSSR count). The molecule has 0 atom stereocenters. The lowest BCUT2D eigenvalue weighted by molar-refractivity contribution is -0.398. The molecule has 1 fully saturated rings. The summed E-state index contributed by atoms with van der Waals surface area (Å²) in [5.74, 6) is -1.18. The number of benzene rings is 3. The molecule has 0 bridgehead atoms. The number of nitrogens with zero attached hydrogens (tertiary/aromatic N) is 2. The van der Waals surface area contributed by atoms with Crippen molar-refractivity contribution in [1.82, 2.24) is 4.90 Å². The molecule has 3 aromatic carbocycles. The molecule has 1 heterocycles. The highest BCUT2D eigenvalue weighted by molar-refractivity contribution is 8.18. The summed E-state index contributed by atoms with van der Waals surface area (Å²) in [6.07, 6.45) is 1.39. The predicted octanol–water partition coefficient (Wildman–Crippen LogP) is 4.06. The number of amides is 2. The monoisotopic (exact) mass is 405 g/mol. The smallest absolute Gasteiger partial charge is 0.293 e. The molecule has 29 heavy (non-hydrogen) atoms. The first-order chi connectivity index (χ1) is 13.9. The van der Waals surface area contributed by atoms with Crippen molar-refractivity contribution in [3.05, 3.63) is 86.8 Å². The van der Waals surface area contributed by atoms with Crippen LogP contribution in [0.3, 0.4) is 0 Å². The van der Waals surface area contributed by atoms with E-state index in [1.165, 1.54) is 12.1 Å². The van der Waals surface area contributed by atoms with Crippen molar-refractivity contribution in [1.29, 1.82) is 0 Å². The maximum Gasteiger partial charge on any atom is 0.293 e. The maximum absolute atomic E-state index is 12.7. The molecule has 0 aliphatic carbocycles. The number of nitro benzene ring substituents is 1. The minimum atomic E-state index is -0.773. The summed E-state index contributed by atoms with van der Waals surface area (Å²) < 4.78 is 0. The fraction of sp³-hybridized carbons (Fsp3) is 0.0476. The van der Waals surface area contributed by atoms with Crippen molar-refractivity contribution in [3.63, 3.8) is 0 Å². The second-order valence-corrected chi connectivity index (χ2v) is 7.43. The zero-order chi connectivity index (χ0) is 20.5. The molecule has 0 unspecified atom stereocenters. The average molecular weight is 405 g/mol.